The zero-order chi connectivity index (χ0) is 17.0. The maximum Gasteiger partial charge on any atom is 0.573 e. The van der Waals surface area contributed by atoms with Crippen LogP contribution in [0.2, 0.25) is 5.28 Å². The lowest BCUT2D eigenvalue weighted by Gasteiger charge is -2.11. The topological polar surface area (TPSA) is 35.0 Å². The van der Waals surface area contributed by atoms with Gasteiger partial charge >= 0.3 is 6.36 Å². The monoisotopic (exact) mass is 358 g/mol. The fraction of sp³-hybridized carbons (Fsp3) is 0.200. The minimum atomic E-state index is -4.72. The molecule has 0 unspecified atom stereocenters. The van der Waals surface area contributed by atoms with E-state index in [-0.39, 0.29) is 11.0 Å². The number of hydrogen-bond donors (Lipinski definition) is 0. The number of halogens is 4. The van der Waals surface area contributed by atoms with Crippen LogP contribution in [0.25, 0.3) is 11.3 Å². The molecule has 0 saturated heterocycles. The lowest BCUT2D eigenvalue weighted by molar-refractivity contribution is -0.274. The van der Waals surface area contributed by atoms with Crippen molar-refractivity contribution in [1.29, 1.82) is 0 Å². The zero-order valence-electron chi connectivity index (χ0n) is 12.0. The van der Waals surface area contributed by atoms with Crippen molar-refractivity contribution >= 4 is 23.4 Å². The molecule has 2 aromatic rings. The van der Waals surface area contributed by atoms with Crippen molar-refractivity contribution in [2.24, 2.45) is 0 Å². The summed E-state index contributed by atoms with van der Waals surface area (Å²) in [5.74, 6) is 2.44. The Morgan fingerprint density at radius 1 is 1.17 bits per heavy atom. The second-order valence-corrected chi connectivity index (χ2v) is 5.43. The van der Waals surface area contributed by atoms with Crippen LogP contribution < -0.4 is 4.74 Å². The zero-order valence-corrected chi connectivity index (χ0v) is 13.6. The SMILES string of the molecule is CC#CSc1nc(Cl)nc(-c2ccc(OC(F)(F)F)cc2)c1C. The summed E-state index contributed by atoms with van der Waals surface area (Å²) in [5, 5.41) is 3.46. The van der Waals surface area contributed by atoms with Crippen molar-refractivity contribution in [3.05, 3.63) is 35.1 Å². The summed E-state index contributed by atoms with van der Waals surface area (Å²) in [6, 6.07) is 5.40. The van der Waals surface area contributed by atoms with E-state index >= 15 is 0 Å². The quantitative estimate of drug-likeness (QED) is 0.332. The first-order valence-electron chi connectivity index (χ1n) is 6.29. The molecule has 1 aromatic carbocycles. The lowest BCUT2D eigenvalue weighted by Crippen LogP contribution is -2.16. The minimum Gasteiger partial charge on any atom is -0.406 e. The van der Waals surface area contributed by atoms with Crippen LogP contribution in [0.4, 0.5) is 13.2 Å². The van der Waals surface area contributed by atoms with Crippen molar-refractivity contribution in [3.8, 4) is 28.2 Å². The molecule has 120 valence electrons. The number of ether oxygens (including phenoxy) is 1. The molecular weight excluding hydrogens is 349 g/mol. The van der Waals surface area contributed by atoms with Crippen molar-refractivity contribution in [3.63, 3.8) is 0 Å². The van der Waals surface area contributed by atoms with E-state index < -0.39 is 6.36 Å². The van der Waals surface area contributed by atoms with Gasteiger partial charge in [-0.05, 0) is 66.7 Å². The number of nitrogens with zero attached hydrogens (tertiary/aromatic N) is 2. The summed E-state index contributed by atoms with van der Waals surface area (Å²) in [5.41, 5.74) is 1.88. The second-order valence-electron chi connectivity index (χ2n) is 4.30. The highest BCUT2D eigenvalue weighted by Crippen LogP contribution is 2.31. The Labute approximate surface area is 140 Å². The highest BCUT2D eigenvalue weighted by molar-refractivity contribution is 8.03. The van der Waals surface area contributed by atoms with Gasteiger partial charge in [0.15, 0.2) is 0 Å². The van der Waals surface area contributed by atoms with E-state index in [1.54, 1.807) is 13.8 Å². The van der Waals surface area contributed by atoms with Gasteiger partial charge in [-0.25, -0.2) is 9.97 Å². The number of rotatable bonds is 3. The van der Waals surface area contributed by atoms with Crippen LogP contribution >= 0.6 is 23.4 Å². The molecule has 23 heavy (non-hydrogen) atoms. The van der Waals surface area contributed by atoms with E-state index in [1.807, 2.05) is 0 Å². The number of benzene rings is 1. The van der Waals surface area contributed by atoms with Gasteiger partial charge in [0.25, 0.3) is 0 Å². The van der Waals surface area contributed by atoms with E-state index in [1.165, 1.54) is 36.0 Å². The van der Waals surface area contributed by atoms with Crippen LogP contribution in [0.15, 0.2) is 29.3 Å². The highest BCUT2D eigenvalue weighted by atomic mass is 35.5. The van der Waals surface area contributed by atoms with Gasteiger partial charge in [-0.2, -0.15) is 0 Å². The smallest absolute Gasteiger partial charge is 0.406 e. The Morgan fingerprint density at radius 3 is 2.39 bits per heavy atom. The van der Waals surface area contributed by atoms with Crippen LogP contribution in [0.1, 0.15) is 12.5 Å². The van der Waals surface area contributed by atoms with Crippen LogP contribution in [0.3, 0.4) is 0 Å². The maximum atomic E-state index is 12.2. The predicted octanol–water partition coefficient (Wildman–Crippen LogP) is 5.08. The Balaban J connectivity index is 2.37. The Morgan fingerprint density at radius 2 is 1.83 bits per heavy atom. The molecule has 1 heterocycles. The molecule has 2 rings (SSSR count). The van der Waals surface area contributed by atoms with Gasteiger partial charge in [0.05, 0.1) is 5.69 Å². The Bertz CT molecular complexity index is 767. The predicted molar refractivity (Wildman–Crippen MR) is 83.2 cm³/mol. The summed E-state index contributed by atoms with van der Waals surface area (Å²) in [7, 11) is 0. The molecule has 0 aliphatic carbocycles. The molecule has 0 spiro atoms. The van der Waals surface area contributed by atoms with Crippen molar-refractivity contribution < 1.29 is 17.9 Å². The van der Waals surface area contributed by atoms with Gasteiger partial charge in [-0.3, -0.25) is 0 Å². The third-order valence-corrected chi connectivity index (χ3v) is 3.75. The molecule has 0 radical (unpaired) electrons. The minimum absolute atomic E-state index is 0.0432. The van der Waals surface area contributed by atoms with Crippen LogP contribution in [-0.4, -0.2) is 16.3 Å². The normalized spacial score (nSPS) is 10.9. The molecule has 0 amide bonds. The third-order valence-electron chi connectivity index (χ3n) is 2.68. The van der Waals surface area contributed by atoms with E-state index in [9.17, 15) is 13.2 Å². The molecule has 0 saturated carbocycles. The Hall–Kier alpha value is -1.91. The molecule has 0 bridgehead atoms. The van der Waals surface area contributed by atoms with Gasteiger partial charge in [0.2, 0.25) is 5.28 Å². The summed E-state index contributed by atoms with van der Waals surface area (Å²) >= 11 is 7.12. The largest absolute Gasteiger partial charge is 0.573 e. The van der Waals surface area contributed by atoms with Gasteiger partial charge in [-0.15, -0.1) is 13.2 Å². The summed E-state index contributed by atoms with van der Waals surface area (Å²) in [4.78, 5) is 8.25. The highest BCUT2D eigenvalue weighted by Gasteiger charge is 2.31. The maximum absolute atomic E-state index is 12.2. The van der Waals surface area contributed by atoms with Crippen molar-refractivity contribution in [1.82, 2.24) is 9.97 Å². The first kappa shape index (κ1) is 17.4. The van der Waals surface area contributed by atoms with Crippen LogP contribution in [-0.2, 0) is 0 Å². The van der Waals surface area contributed by atoms with Crippen LogP contribution in [0, 0.1) is 18.1 Å². The van der Waals surface area contributed by atoms with Gasteiger partial charge in [-0.1, -0.05) is 5.92 Å². The van der Waals surface area contributed by atoms with E-state index in [2.05, 4.69) is 25.9 Å². The third kappa shape index (κ3) is 4.78. The number of aromatic nitrogens is 2. The average molecular weight is 359 g/mol. The molecular formula is C15H10ClF3N2OS. The number of thioether (sulfide) groups is 1. The van der Waals surface area contributed by atoms with Crippen molar-refractivity contribution in [2.75, 3.05) is 0 Å². The summed E-state index contributed by atoms with van der Waals surface area (Å²) < 4.78 is 40.4. The fourth-order valence-electron chi connectivity index (χ4n) is 1.76. The first-order chi connectivity index (χ1) is 10.8. The fourth-order valence-corrected chi connectivity index (χ4v) is 2.56. The Kier molecular flexibility index (Phi) is 5.39. The summed E-state index contributed by atoms with van der Waals surface area (Å²) in [6.07, 6.45) is -4.72. The standard InChI is InChI=1S/C15H10ClF3N2OS/c1-3-8-23-13-9(2)12(20-14(16)21-13)10-4-6-11(7-5-10)22-15(17,18)19/h4-7H,1-2H3. The van der Waals surface area contributed by atoms with Gasteiger partial charge in [0, 0.05) is 11.1 Å². The number of hydrogen-bond acceptors (Lipinski definition) is 4. The molecule has 0 N–H and O–H groups in total. The van der Waals surface area contributed by atoms with E-state index in [0.29, 0.717) is 16.3 Å². The summed E-state index contributed by atoms with van der Waals surface area (Å²) in [6.45, 7) is 3.50. The molecule has 1 aromatic heterocycles. The molecule has 0 atom stereocenters. The average Bonchev–Trinajstić information content (AvgIpc) is 2.47. The lowest BCUT2D eigenvalue weighted by atomic mass is 10.1. The molecule has 0 fully saturated rings. The first-order valence-corrected chi connectivity index (χ1v) is 7.48. The number of alkyl halides is 3. The molecule has 0 aliphatic rings. The van der Waals surface area contributed by atoms with Gasteiger partial charge in [0.1, 0.15) is 10.8 Å². The second kappa shape index (κ2) is 7.11. The van der Waals surface area contributed by atoms with E-state index in [0.717, 1.165) is 5.56 Å². The molecule has 3 nitrogen and oxygen atoms in total. The van der Waals surface area contributed by atoms with E-state index in [4.69, 9.17) is 11.6 Å². The molecule has 8 heteroatoms. The molecule has 0 aliphatic heterocycles. The van der Waals surface area contributed by atoms with Gasteiger partial charge < -0.3 is 4.74 Å². The van der Waals surface area contributed by atoms with Crippen molar-refractivity contribution in [2.45, 2.75) is 25.2 Å². The van der Waals surface area contributed by atoms with Crippen LogP contribution in [0.5, 0.6) is 5.75 Å².